The van der Waals surface area contributed by atoms with Crippen molar-refractivity contribution in [2.75, 3.05) is 33.9 Å². The van der Waals surface area contributed by atoms with Gasteiger partial charge >= 0.3 is 0 Å². The number of hydrogen-bond acceptors (Lipinski definition) is 4. The Labute approximate surface area is 91.9 Å². The summed E-state index contributed by atoms with van der Waals surface area (Å²) in [6.45, 7) is 5.35. The second kappa shape index (κ2) is 7.62. The molecule has 0 rings (SSSR count). The Morgan fingerprint density at radius 2 is 2.13 bits per heavy atom. The fraction of sp³-hybridized carbons (Fsp3) is 0.900. The van der Waals surface area contributed by atoms with Crippen molar-refractivity contribution >= 4 is 5.91 Å². The molecule has 90 valence electrons. The van der Waals surface area contributed by atoms with E-state index >= 15 is 0 Å². The van der Waals surface area contributed by atoms with Gasteiger partial charge < -0.3 is 15.8 Å². The summed E-state index contributed by atoms with van der Waals surface area (Å²) in [5, 5.41) is 2.84. The summed E-state index contributed by atoms with van der Waals surface area (Å²) >= 11 is 0. The number of methoxy groups -OCH3 is 1. The number of rotatable bonds is 7. The third-order valence-electron chi connectivity index (χ3n) is 2.31. The number of nitrogens with zero attached hydrogens (tertiary/aromatic N) is 1. The summed E-state index contributed by atoms with van der Waals surface area (Å²) in [5.41, 5.74) is 5.50. The molecule has 1 amide bonds. The molecule has 2 atom stereocenters. The van der Waals surface area contributed by atoms with Crippen LogP contribution in [-0.2, 0) is 9.53 Å². The molecule has 3 N–H and O–H groups in total. The van der Waals surface area contributed by atoms with E-state index in [0.717, 1.165) is 0 Å². The summed E-state index contributed by atoms with van der Waals surface area (Å²) in [6.07, 6.45) is 0. The highest BCUT2D eigenvalue weighted by atomic mass is 16.5. The maximum absolute atomic E-state index is 11.5. The van der Waals surface area contributed by atoms with E-state index in [1.807, 2.05) is 25.8 Å². The largest absolute Gasteiger partial charge is 0.383 e. The van der Waals surface area contributed by atoms with Crippen molar-refractivity contribution in [3.8, 4) is 0 Å². The van der Waals surface area contributed by atoms with Crippen LogP contribution in [0.25, 0.3) is 0 Å². The van der Waals surface area contributed by atoms with E-state index in [1.54, 1.807) is 7.11 Å². The number of amides is 1. The summed E-state index contributed by atoms with van der Waals surface area (Å²) in [6, 6.07) is 0.262. The first-order valence-corrected chi connectivity index (χ1v) is 5.19. The molecule has 0 heterocycles. The van der Waals surface area contributed by atoms with Gasteiger partial charge in [-0.15, -0.1) is 0 Å². The van der Waals surface area contributed by atoms with E-state index < -0.39 is 0 Å². The van der Waals surface area contributed by atoms with E-state index in [0.29, 0.717) is 19.7 Å². The van der Waals surface area contributed by atoms with E-state index in [1.165, 1.54) is 0 Å². The molecule has 5 nitrogen and oxygen atoms in total. The number of nitrogens with two attached hydrogens (primary N) is 1. The highest BCUT2D eigenvalue weighted by molar-refractivity contribution is 5.78. The fourth-order valence-corrected chi connectivity index (χ4v) is 1.17. The van der Waals surface area contributed by atoms with Crippen LogP contribution in [0, 0.1) is 0 Å². The van der Waals surface area contributed by atoms with Gasteiger partial charge in [-0.3, -0.25) is 9.69 Å². The lowest BCUT2D eigenvalue weighted by Gasteiger charge is -2.23. The highest BCUT2D eigenvalue weighted by Crippen LogP contribution is 1.92. The van der Waals surface area contributed by atoms with Crippen LogP contribution in [0.2, 0.25) is 0 Å². The van der Waals surface area contributed by atoms with Crippen molar-refractivity contribution in [1.29, 1.82) is 0 Å². The van der Waals surface area contributed by atoms with Crippen LogP contribution >= 0.6 is 0 Å². The SMILES string of the molecule is COCC(C)NC(=O)CN(C)C(C)CN. The number of ether oxygens (including phenoxy) is 1. The zero-order chi connectivity index (χ0) is 11.8. The van der Waals surface area contributed by atoms with Crippen molar-refractivity contribution in [1.82, 2.24) is 10.2 Å². The van der Waals surface area contributed by atoms with Gasteiger partial charge in [0.2, 0.25) is 5.91 Å². The first-order valence-electron chi connectivity index (χ1n) is 5.19. The number of likely N-dealkylation sites (N-methyl/N-ethyl adjacent to an activating group) is 1. The average Bonchev–Trinajstić information content (AvgIpc) is 2.16. The van der Waals surface area contributed by atoms with Crippen LogP contribution in [0.15, 0.2) is 0 Å². The van der Waals surface area contributed by atoms with Crippen LogP contribution < -0.4 is 11.1 Å². The van der Waals surface area contributed by atoms with Gasteiger partial charge in [0.15, 0.2) is 0 Å². The number of carbonyl (C=O) groups is 1. The Kier molecular flexibility index (Phi) is 7.29. The number of nitrogens with one attached hydrogen (secondary N) is 1. The van der Waals surface area contributed by atoms with Crippen molar-refractivity contribution in [2.24, 2.45) is 5.73 Å². The average molecular weight is 217 g/mol. The molecule has 0 fully saturated rings. The van der Waals surface area contributed by atoms with Gasteiger partial charge in [0.25, 0.3) is 0 Å². The quantitative estimate of drug-likeness (QED) is 0.598. The van der Waals surface area contributed by atoms with Crippen LogP contribution in [0.3, 0.4) is 0 Å². The monoisotopic (exact) mass is 217 g/mol. The molecule has 0 aromatic heterocycles. The Balaban J connectivity index is 3.82. The van der Waals surface area contributed by atoms with Crippen molar-refractivity contribution < 1.29 is 9.53 Å². The van der Waals surface area contributed by atoms with Gasteiger partial charge in [0, 0.05) is 25.7 Å². The van der Waals surface area contributed by atoms with Crippen LogP contribution in [-0.4, -0.2) is 56.7 Å². The molecule has 0 saturated heterocycles. The lowest BCUT2D eigenvalue weighted by molar-refractivity contribution is -0.123. The molecule has 0 radical (unpaired) electrons. The first kappa shape index (κ1) is 14.3. The Morgan fingerprint density at radius 3 is 2.60 bits per heavy atom. The molecule has 0 aromatic rings. The minimum Gasteiger partial charge on any atom is -0.383 e. The molecule has 5 heteroatoms. The first-order chi connectivity index (χ1) is 7.01. The number of hydrogen-bond donors (Lipinski definition) is 2. The molecule has 0 saturated carbocycles. The smallest absolute Gasteiger partial charge is 0.234 e. The molecule has 0 bridgehead atoms. The van der Waals surface area contributed by atoms with Gasteiger partial charge in [-0.2, -0.15) is 0 Å². The normalized spacial score (nSPS) is 15.1. The van der Waals surface area contributed by atoms with Gasteiger partial charge in [0.05, 0.1) is 13.2 Å². The molecule has 15 heavy (non-hydrogen) atoms. The third-order valence-corrected chi connectivity index (χ3v) is 2.31. The minimum absolute atomic E-state index is 0.00218. The second-order valence-corrected chi connectivity index (χ2v) is 3.92. The van der Waals surface area contributed by atoms with Crippen LogP contribution in [0.5, 0.6) is 0 Å². The Bertz CT molecular complexity index is 188. The molecular weight excluding hydrogens is 194 g/mol. The van der Waals surface area contributed by atoms with E-state index in [-0.39, 0.29) is 18.0 Å². The number of carbonyl (C=O) groups excluding carboxylic acids is 1. The molecular formula is C10H23N3O2. The van der Waals surface area contributed by atoms with Crippen molar-refractivity contribution in [3.63, 3.8) is 0 Å². The standard InChI is InChI=1S/C10H23N3O2/c1-8(7-15-4)12-10(14)6-13(3)9(2)5-11/h8-9H,5-7,11H2,1-4H3,(H,12,14). The summed E-state index contributed by atoms with van der Waals surface area (Å²) in [4.78, 5) is 13.4. The Hall–Kier alpha value is -0.650. The van der Waals surface area contributed by atoms with Gasteiger partial charge in [-0.05, 0) is 20.9 Å². The topological polar surface area (TPSA) is 67.6 Å². The predicted molar refractivity (Wildman–Crippen MR) is 60.6 cm³/mol. The molecule has 0 spiro atoms. The van der Waals surface area contributed by atoms with Crippen molar-refractivity contribution in [3.05, 3.63) is 0 Å². The van der Waals surface area contributed by atoms with Crippen LogP contribution in [0.4, 0.5) is 0 Å². The van der Waals surface area contributed by atoms with Gasteiger partial charge in [-0.1, -0.05) is 0 Å². The fourth-order valence-electron chi connectivity index (χ4n) is 1.17. The van der Waals surface area contributed by atoms with Crippen molar-refractivity contribution in [2.45, 2.75) is 25.9 Å². The minimum atomic E-state index is 0.00218. The van der Waals surface area contributed by atoms with Crippen LogP contribution in [0.1, 0.15) is 13.8 Å². The molecule has 0 aliphatic rings. The molecule has 0 aromatic carbocycles. The lowest BCUT2D eigenvalue weighted by atomic mass is 10.3. The summed E-state index contributed by atoms with van der Waals surface area (Å²) < 4.78 is 4.93. The highest BCUT2D eigenvalue weighted by Gasteiger charge is 2.13. The maximum atomic E-state index is 11.5. The Morgan fingerprint density at radius 1 is 1.53 bits per heavy atom. The second-order valence-electron chi connectivity index (χ2n) is 3.92. The summed E-state index contributed by atoms with van der Waals surface area (Å²) in [7, 11) is 3.50. The lowest BCUT2D eigenvalue weighted by Crippen LogP contribution is -2.45. The molecule has 0 aliphatic carbocycles. The zero-order valence-electron chi connectivity index (χ0n) is 10.1. The maximum Gasteiger partial charge on any atom is 0.234 e. The summed E-state index contributed by atoms with van der Waals surface area (Å²) in [5.74, 6) is 0.00218. The third kappa shape index (κ3) is 6.43. The predicted octanol–water partition coefficient (Wildman–Crippen LogP) is -0.583. The van der Waals surface area contributed by atoms with E-state index in [9.17, 15) is 4.79 Å². The van der Waals surface area contributed by atoms with Gasteiger partial charge in [0.1, 0.15) is 0 Å². The van der Waals surface area contributed by atoms with E-state index in [4.69, 9.17) is 10.5 Å². The zero-order valence-corrected chi connectivity index (χ0v) is 10.1. The van der Waals surface area contributed by atoms with E-state index in [2.05, 4.69) is 5.32 Å². The molecule has 2 unspecified atom stereocenters. The molecule has 0 aliphatic heterocycles. The van der Waals surface area contributed by atoms with Gasteiger partial charge in [-0.25, -0.2) is 0 Å².